The molecule has 1 unspecified atom stereocenters. The number of H-pyrrole nitrogens is 1. The average molecular weight is 126 g/mol. The Bertz CT molecular complexity index is 191. The molecule has 0 aliphatic carbocycles. The van der Waals surface area contributed by atoms with Crippen LogP contribution in [0.2, 0.25) is 0 Å². The van der Waals surface area contributed by atoms with E-state index >= 15 is 0 Å². The summed E-state index contributed by atoms with van der Waals surface area (Å²) in [5.74, 6) is 0.488. The van der Waals surface area contributed by atoms with Gasteiger partial charge in [-0.3, -0.25) is 5.10 Å². The first-order valence-electron chi connectivity index (χ1n) is 2.76. The lowest BCUT2D eigenvalue weighted by molar-refractivity contribution is 0.772. The highest BCUT2D eigenvalue weighted by molar-refractivity contribution is 5.29. The Morgan fingerprint density at radius 3 is 2.67 bits per heavy atom. The molecule has 1 aromatic heterocycles. The third kappa shape index (κ3) is 1.20. The van der Waals surface area contributed by atoms with Crippen molar-refractivity contribution in [3.8, 4) is 0 Å². The minimum Gasteiger partial charge on any atom is -0.382 e. The fraction of sp³-hybridized carbons (Fsp3) is 0.400. The Labute approximate surface area is 53.2 Å². The molecule has 1 heterocycles. The smallest absolute Gasteiger partial charge is 0.145 e. The second kappa shape index (κ2) is 2.06. The first-order chi connectivity index (χ1) is 4.20. The summed E-state index contributed by atoms with van der Waals surface area (Å²) in [5.41, 5.74) is 11.7. The molecule has 0 bridgehead atoms. The standard InChI is InChI=1S/C5H10N4/c1-3(6)4-2-5(7)9-8-4/h2-3H,6H2,1H3,(H3,7,8,9). The molecule has 4 heteroatoms. The lowest BCUT2D eigenvalue weighted by atomic mass is 10.2. The van der Waals surface area contributed by atoms with Crippen LogP contribution in [0.5, 0.6) is 0 Å². The van der Waals surface area contributed by atoms with Crippen LogP contribution in [-0.4, -0.2) is 10.2 Å². The van der Waals surface area contributed by atoms with Crippen molar-refractivity contribution < 1.29 is 0 Å². The molecule has 0 saturated heterocycles. The molecule has 0 aliphatic heterocycles. The van der Waals surface area contributed by atoms with Crippen molar-refractivity contribution in [1.29, 1.82) is 0 Å². The van der Waals surface area contributed by atoms with Gasteiger partial charge in [-0.15, -0.1) is 0 Å². The predicted molar refractivity (Wildman–Crippen MR) is 35.6 cm³/mol. The molecule has 0 spiro atoms. The molecule has 1 atom stereocenters. The number of aromatic nitrogens is 2. The van der Waals surface area contributed by atoms with Gasteiger partial charge in [-0.1, -0.05) is 0 Å². The number of nitrogen functional groups attached to an aromatic ring is 1. The SMILES string of the molecule is CC(N)c1cc(N)n[nH]1. The Hall–Kier alpha value is -1.03. The molecule has 0 saturated carbocycles. The van der Waals surface area contributed by atoms with Crippen LogP contribution < -0.4 is 11.5 Å². The monoisotopic (exact) mass is 126 g/mol. The maximum Gasteiger partial charge on any atom is 0.145 e. The number of nitrogens with two attached hydrogens (primary N) is 2. The summed E-state index contributed by atoms with van der Waals surface area (Å²) < 4.78 is 0. The molecule has 0 aliphatic rings. The highest BCUT2D eigenvalue weighted by atomic mass is 15.2. The fourth-order valence-corrected chi connectivity index (χ4v) is 0.586. The lowest BCUT2D eigenvalue weighted by Crippen LogP contribution is -2.04. The Morgan fingerprint density at radius 2 is 2.44 bits per heavy atom. The van der Waals surface area contributed by atoms with Crippen LogP contribution in [0.25, 0.3) is 0 Å². The van der Waals surface area contributed by atoms with Crippen LogP contribution >= 0.6 is 0 Å². The number of nitrogens with zero attached hydrogens (tertiary/aromatic N) is 1. The average Bonchev–Trinajstić information content (AvgIpc) is 2.14. The normalized spacial score (nSPS) is 13.6. The molecule has 4 nitrogen and oxygen atoms in total. The van der Waals surface area contributed by atoms with E-state index in [0.29, 0.717) is 5.82 Å². The van der Waals surface area contributed by atoms with Gasteiger partial charge in [-0.25, -0.2) is 0 Å². The van der Waals surface area contributed by atoms with Crippen molar-refractivity contribution in [3.05, 3.63) is 11.8 Å². The van der Waals surface area contributed by atoms with Crippen LogP contribution in [0.3, 0.4) is 0 Å². The van der Waals surface area contributed by atoms with E-state index in [-0.39, 0.29) is 6.04 Å². The zero-order valence-electron chi connectivity index (χ0n) is 5.26. The summed E-state index contributed by atoms with van der Waals surface area (Å²) in [4.78, 5) is 0. The number of aromatic amines is 1. The summed E-state index contributed by atoms with van der Waals surface area (Å²) >= 11 is 0. The molecule has 0 amide bonds. The molecular formula is C5H10N4. The molecule has 0 radical (unpaired) electrons. The van der Waals surface area contributed by atoms with Crippen LogP contribution in [0.1, 0.15) is 18.7 Å². The molecule has 50 valence electrons. The molecule has 0 fully saturated rings. The van der Waals surface area contributed by atoms with Crippen molar-refractivity contribution >= 4 is 5.82 Å². The summed E-state index contributed by atoms with van der Waals surface area (Å²) in [6.45, 7) is 1.87. The van der Waals surface area contributed by atoms with E-state index in [1.165, 1.54) is 0 Å². The number of nitrogens with one attached hydrogen (secondary N) is 1. The molecule has 1 aromatic rings. The first kappa shape index (κ1) is 6.10. The van der Waals surface area contributed by atoms with Crippen LogP contribution in [0, 0.1) is 0 Å². The third-order valence-electron chi connectivity index (χ3n) is 1.11. The van der Waals surface area contributed by atoms with E-state index in [1.807, 2.05) is 6.92 Å². The zero-order valence-corrected chi connectivity index (χ0v) is 5.26. The van der Waals surface area contributed by atoms with Gasteiger partial charge in [0.1, 0.15) is 5.82 Å². The Kier molecular flexibility index (Phi) is 1.40. The summed E-state index contributed by atoms with van der Waals surface area (Å²) in [5, 5.41) is 6.42. The van der Waals surface area contributed by atoms with Crippen molar-refractivity contribution in [1.82, 2.24) is 10.2 Å². The van der Waals surface area contributed by atoms with Gasteiger partial charge in [0.05, 0.1) is 5.69 Å². The first-order valence-corrected chi connectivity index (χ1v) is 2.76. The van der Waals surface area contributed by atoms with E-state index in [1.54, 1.807) is 6.07 Å². The highest BCUT2D eigenvalue weighted by Gasteiger charge is 2.00. The maximum absolute atomic E-state index is 5.50. The number of anilines is 1. The van der Waals surface area contributed by atoms with E-state index in [4.69, 9.17) is 11.5 Å². The predicted octanol–water partition coefficient (Wildman–Crippen LogP) is 0.0116. The number of rotatable bonds is 1. The van der Waals surface area contributed by atoms with E-state index in [2.05, 4.69) is 10.2 Å². The van der Waals surface area contributed by atoms with Gasteiger partial charge >= 0.3 is 0 Å². The Morgan fingerprint density at radius 1 is 1.78 bits per heavy atom. The number of hydrogen-bond donors (Lipinski definition) is 3. The molecular weight excluding hydrogens is 116 g/mol. The van der Waals surface area contributed by atoms with Gasteiger partial charge in [0.25, 0.3) is 0 Å². The van der Waals surface area contributed by atoms with Crippen LogP contribution in [0.4, 0.5) is 5.82 Å². The van der Waals surface area contributed by atoms with Gasteiger partial charge in [0, 0.05) is 12.1 Å². The van der Waals surface area contributed by atoms with Gasteiger partial charge < -0.3 is 11.5 Å². The largest absolute Gasteiger partial charge is 0.382 e. The summed E-state index contributed by atoms with van der Waals surface area (Å²) in [6, 6.07) is 1.71. The summed E-state index contributed by atoms with van der Waals surface area (Å²) in [6.07, 6.45) is 0. The highest BCUT2D eigenvalue weighted by Crippen LogP contribution is 2.07. The number of hydrogen-bond acceptors (Lipinski definition) is 3. The second-order valence-electron chi connectivity index (χ2n) is 2.04. The molecule has 9 heavy (non-hydrogen) atoms. The minimum absolute atomic E-state index is 0.0187. The van der Waals surface area contributed by atoms with E-state index in [9.17, 15) is 0 Å². The maximum atomic E-state index is 5.50. The van der Waals surface area contributed by atoms with Crippen molar-refractivity contribution in [2.45, 2.75) is 13.0 Å². The van der Waals surface area contributed by atoms with Gasteiger partial charge in [-0.2, -0.15) is 5.10 Å². The zero-order chi connectivity index (χ0) is 6.85. The second-order valence-corrected chi connectivity index (χ2v) is 2.04. The van der Waals surface area contributed by atoms with E-state index < -0.39 is 0 Å². The summed E-state index contributed by atoms with van der Waals surface area (Å²) in [7, 11) is 0. The van der Waals surface area contributed by atoms with E-state index in [0.717, 1.165) is 5.69 Å². The topological polar surface area (TPSA) is 80.7 Å². The fourth-order valence-electron chi connectivity index (χ4n) is 0.586. The minimum atomic E-state index is -0.0187. The van der Waals surface area contributed by atoms with Crippen molar-refractivity contribution in [3.63, 3.8) is 0 Å². The van der Waals surface area contributed by atoms with Gasteiger partial charge in [0.2, 0.25) is 0 Å². The van der Waals surface area contributed by atoms with Crippen LogP contribution in [0.15, 0.2) is 6.07 Å². The van der Waals surface area contributed by atoms with Crippen molar-refractivity contribution in [2.75, 3.05) is 5.73 Å². The third-order valence-corrected chi connectivity index (χ3v) is 1.11. The quantitative estimate of drug-likeness (QED) is 0.496. The van der Waals surface area contributed by atoms with Gasteiger partial charge in [-0.05, 0) is 6.92 Å². The van der Waals surface area contributed by atoms with Crippen molar-refractivity contribution in [2.24, 2.45) is 5.73 Å². The Balaban J connectivity index is 2.85. The molecule has 0 aromatic carbocycles. The van der Waals surface area contributed by atoms with Crippen LogP contribution in [-0.2, 0) is 0 Å². The van der Waals surface area contributed by atoms with Gasteiger partial charge in [0.15, 0.2) is 0 Å². The molecule has 5 N–H and O–H groups in total. The lowest BCUT2D eigenvalue weighted by Gasteiger charge is -1.96. The molecule has 1 rings (SSSR count).